The summed E-state index contributed by atoms with van der Waals surface area (Å²) < 4.78 is 0. The van der Waals surface area contributed by atoms with Crippen molar-refractivity contribution in [3.05, 3.63) is 0 Å². The topological polar surface area (TPSA) is 32.3 Å². The van der Waals surface area contributed by atoms with E-state index in [9.17, 15) is 4.79 Å². The van der Waals surface area contributed by atoms with Crippen LogP contribution in [-0.2, 0) is 4.79 Å². The van der Waals surface area contributed by atoms with E-state index in [2.05, 4.69) is 11.6 Å². The molecule has 82 valence electrons. The summed E-state index contributed by atoms with van der Waals surface area (Å²) in [5.41, 5.74) is 0. The Morgan fingerprint density at radius 2 is 2.36 bits per heavy atom. The lowest BCUT2D eigenvalue weighted by atomic mass is 10.0. The molecule has 0 spiro atoms. The van der Waals surface area contributed by atoms with Crippen LogP contribution in [0, 0.1) is 0 Å². The van der Waals surface area contributed by atoms with Gasteiger partial charge in [0.1, 0.15) is 0 Å². The fourth-order valence-corrected chi connectivity index (χ4v) is 2.12. The average molecular weight is 216 g/mol. The minimum atomic E-state index is 0.0793. The molecular weight excluding hydrogens is 196 g/mol. The largest absolute Gasteiger partial charge is 0.344 e. The van der Waals surface area contributed by atoms with Crippen LogP contribution in [0.15, 0.2) is 0 Å². The van der Waals surface area contributed by atoms with Crippen LogP contribution in [0.5, 0.6) is 0 Å². The van der Waals surface area contributed by atoms with Gasteiger partial charge in [0, 0.05) is 19.3 Å². The maximum absolute atomic E-state index is 11.9. The standard InChI is InChI=1S/C10H20N2OS/c1-12(7-8-14-2)10(13)9-5-3-4-6-11-9/h9,11H,3-8H2,1-2H3/t9-/m1/s1. The Morgan fingerprint density at radius 1 is 1.57 bits per heavy atom. The van der Waals surface area contributed by atoms with Gasteiger partial charge < -0.3 is 10.2 Å². The van der Waals surface area contributed by atoms with Crippen LogP contribution in [0.1, 0.15) is 19.3 Å². The van der Waals surface area contributed by atoms with E-state index in [1.54, 1.807) is 11.8 Å². The maximum Gasteiger partial charge on any atom is 0.239 e. The molecule has 4 heteroatoms. The molecule has 1 fully saturated rings. The molecule has 0 aromatic carbocycles. The van der Waals surface area contributed by atoms with Crippen molar-refractivity contribution in [2.24, 2.45) is 0 Å². The van der Waals surface area contributed by atoms with E-state index in [1.165, 1.54) is 12.8 Å². The number of hydrogen-bond acceptors (Lipinski definition) is 3. The van der Waals surface area contributed by atoms with E-state index >= 15 is 0 Å². The third kappa shape index (κ3) is 3.50. The zero-order valence-corrected chi connectivity index (χ0v) is 9.90. The van der Waals surface area contributed by atoms with Gasteiger partial charge in [-0.2, -0.15) is 11.8 Å². The minimum Gasteiger partial charge on any atom is -0.344 e. The lowest BCUT2D eigenvalue weighted by Gasteiger charge is -2.27. The van der Waals surface area contributed by atoms with Crippen molar-refractivity contribution in [1.82, 2.24) is 10.2 Å². The van der Waals surface area contributed by atoms with Crippen molar-refractivity contribution in [2.75, 3.05) is 32.1 Å². The normalized spacial score (nSPS) is 22.0. The monoisotopic (exact) mass is 216 g/mol. The van der Waals surface area contributed by atoms with E-state index in [-0.39, 0.29) is 11.9 Å². The minimum absolute atomic E-state index is 0.0793. The molecule has 0 aliphatic carbocycles. The number of rotatable bonds is 4. The second-order valence-corrected chi connectivity index (χ2v) is 4.74. The number of thioether (sulfide) groups is 1. The third-order valence-electron chi connectivity index (χ3n) is 2.62. The van der Waals surface area contributed by atoms with E-state index in [4.69, 9.17) is 0 Å². The summed E-state index contributed by atoms with van der Waals surface area (Å²) in [5.74, 6) is 1.29. The zero-order chi connectivity index (χ0) is 10.4. The molecule has 3 nitrogen and oxygen atoms in total. The van der Waals surface area contributed by atoms with Crippen molar-refractivity contribution >= 4 is 17.7 Å². The van der Waals surface area contributed by atoms with Crippen LogP contribution in [0.4, 0.5) is 0 Å². The van der Waals surface area contributed by atoms with Gasteiger partial charge in [0.05, 0.1) is 6.04 Å². The van der Waals surface area contributed by atoms with Crippen LogP contribution in [-0.4, -0.2) is 49.0 Å². The molecule has 1 N–H and O–H groups in total. The molecule has 1 aliphatic heterocycles. The van der Waals surface area contributed by atoms with E-state index in [0.29, 0.717) is 0 Å². The van der Waals surface area contributed by atoms with Crippen LogP contribution >= 0.6 is 11.8 Å². The molecule has 1 saturated heterocycles. The molecule has 0 aromatic rings. The molecule has 0 unspecified atom stereocenters. The third-order valence-corrected chi connectivity index (χ3v) is 3.21. The number of nitrogens with one attached hydrogen (secondary N) is 1. The molecule has 1 amide bonds. The summed E-state index contributed by atoms with van der Waals surface area (Å²) in [6.45, 7) is 1.85. The Morgan fingerprint density at radius 3 is 2.93 bits per heavy atom. The summed E-state index contributed by atoms with van der Waals surface area (Å²) in [4.78, 5) is 13.7. The molecule has 0 aromatic heterocycles. The Labute approximate surface area is 90.6 Å². The van der Waals surface area contributed by atoms with Crippen LogP contribution < -0.4 is 5.32 Å². The van der Waals surface area contributed by atoms with Crippen molar-refractivity contribution < 1.29 is 4.79 Å². The fraction of sp³-hybridized carbons (Fsp3) is 0.900. The SMILES string of the molecule is CSCCN(C)C(=O)[C@H]1CCCCN1. The lowest BCUT2D eigenvalue weighted by molar-refractivity contribution is -0.132. The fourth-order valence-electron chi connectivity index (χ4n) is 1.67. The molecule has 0 saturated carbocycles. The summed E-state index contributed by atoms with van der Waals surface area (Å²) in [5, 5.41) is 3.28. The first kappa shape index (κ1) is 11.9. The number of carbonyl (C=O) groups is 1. The number of amides is 1. The summed E-state index contributed by atoms with van der Waals surface area (Å²) in [6, 6.07) is 0.0793. The lowest BCUT2D eigenvalue weighted by Crippen LogP contribution is -2.47. The molecule has 0 radical (unpaired) electrons. The van der Waals surface area contributed by atoms with Gasteiger partial charge in [0.2, 0.25) is 5.91 Å². The average Bonchev–Trinajstić information content (AvgIpc) is 2.26. The summed E-state index contributed by atoms with van der Waals surface area (Å²) >= 11 is 1.78. The van der Waals surface area contributed by atoms with Gasteiger partial charge >= 0.3 is 0 Å². The maximum atomic E-state index is 11.9. The van der Waals surface area contributed by atoms with E-state index < -0.39 is 0 Å². The van der Waals surface area contributed by atoms with Crippen molar-refractivity contribution in [3.63, 3.8) is 0 Å². The first-order chi connectivity index (χ1) is 6.75. The van der Waals surface area contributed by atoms with Gasteiger partial charge in [-0.25, -0.2) is 0 Å². The highest BCUT2D eigenvalue weighted by Gasteiger charge is 2.22. The summed E-state index contributed by atoms with van der Waals surface area (Å²) in [7, 11) is 1.90. The van der Waals surface area contributed by atoms with E-state index in [1.807, 2.05) is 11.9 Å². The second kappa shape index (κ2) is 6.30. The molecule has 1 heterocycles. The summed E-state index contributed by atoms with van der Waals surface area (Å²) in [6.07, 6.45) is 5.46. The van der Waals surface area contributed by atoms with Gasteiger partial charge in [0.25, 0.3) is 0 Å². The van der Waals surface area contributed by atoms with Crippen molar-refractivity contribution in [2.45, 2.75) is 25.3 Å². The Hall–Kier alpha value is -0.220. The quantitative estimate of drug-likeness (QED) is 0.759. The van der Waals surface area contributed by atoms with Crippen LogP contribution in [0.25, 0.3) is 0 Å². The van der Waals surface area contributed by atoms with Crippen molar-refractivity contribution in [3.8, 4) is 0 Å². The van der Waals surface area contributed by atoms with Crippen LogP contribution in [0.3, 0.4) is 0 Å². The second-order valence-electron chi connectivity index (χ2n) is 3.76. The Kier molecular flexibility index (Phi) is 5.33. The zero-order valence-electron chi connectivity index (χ0n) is 9.08. The predicted octanol–water partition coefficient (Wildman–Crippen LogP) is 0.950. The van der Waals surface area contributed by atoms with Gasteiger partial charge in [-0.1, -0.05) is 6.42 Å². The number of piperidine rings is 1. The first-order valence-corrected chi connectivity index (χ1v) is 6.62. The number of nitrogens with zero attached hydrogens (tertiary/aromatic N) is 1. The van der Waals surface area contributed by atoms with Gasteiger partial charge in [-0.3, -0.25) is 4.79 Å². The first-order valence-electron chi connectivity index (χ1n) is 5.23. The molecule has 1 aliphatic rings. The molecule has 1 atom stereocenters. The van der Waals surface area contributed by atoms with Crippen LogP contribution in [0.2, 0.25) is 0 Å². The van der Waals surface area contributed by atoms with Gasteiger partial charge in [-0.15, -0.1) is 0 Å². The number of carbonyl (C=O) groups excluding carboxylic acids is 1. The molecule has 1 rings (SSSR count). The highest BCUT2D eigenvalue weighted by atomic mass is 32.2. The Bertz CT molecular complexity index is 181. The predicted molar refractivity (Wildman–Crippen MR) is 61.7 cm³/mol. The highest BCUT2D eigenvalue weighted by Crippen LogP contribution is 2.09. The Balaban J connectivity index is 2.30. The number of hydrogen-bond donors (Lipinski definition) is 1. The van der Waals surface area contributed by atoms with Crippen molar-refractivity contribution in [1.29, 1.82) is 0 Å². The van der Waals surface area contributed by atoms with Gasteiger partial charge in [-0.05, 0) is 25.6 Å². The van der Waals surface area contributed by atoms with E-state index in [0.717, 1.165) is 25.3 Å². The smallest absolute Gasteiger partial charge is 0.239 e. The number of likely N-dealkylation sites (N-methyl/N-ethyl adjacent to an activating group) is 1. The molecule has 14 heavy (non-hydrogen) atoms. The van der Waals surface area contributed by atoms with Gasteiger partial charge in [0.15, 0.2) is 0 Å². The molecule has 0 bridgehead atoms. The molecular formula is C10H20N2OS. The highest BCUT2D eigenvalue weighted by molar-refractivity contribution is 7.98.